The van der Waals surface area contributed by atoms with E-state index >= 15 is 0 Å². The van der Waals surface area contributed by atoms with Crippen LogP contribution < -0.4 is 10.1 Å². The fourth-order valence-electron chi connectivity index (χ4n) is 2.33. The Morgan fingerprint density at radius 2 is 1.83 bits per heavy atom. The van der Waals surface area contributed by atoms with Crippen LogP contribution in [0, 0.1) is 0 Å². The smallest absolute Gasteiger partial charge is 0.247 e. The first-order chi connectivity index (χ1) is 11.4. The summed E-state index contributed by atoms with van der Waals surface area (Å²) in [6.45, 7) is 0.805. The van der Waals surface area contributed by atoms with Crippen molar-refractivity contribution >= 4 is 5.95 Å². The number of ether oxygens (including phenoxy) is 1. The summed E-state index contributed by atoms with van der Waals surface area (Å²) in [5, 5.41) is 15.1. The van der Waals surface area contributed by atoms with Crippen LogP contribution in [0.25, 0.3) is 5.69 Å². The average Bonchev–Trinajstić information content (AvgIpc) is 3.08. The number of benzene rings is 2. The Hall–Kier alpha value is -2.89. The van der Waals surface area contributed by atoms with Crippen LogP contribution in [0.5, 0.6) is 5.75 Å². The maximum Gasteiger partial charge on any atom is 0.247 e. The van der Waals surface area contributed by atoms with Gasteiger partial charge in [0.15, 0.2) is 0 Å². The highest BCUT2D eigenvalue weighted by molar-refractivity contribution is 5.38. The van der Waals surface area contributed by atoms with Crippen molar-refractivity contribution in [2.45, 2.75) is 12.8 Å². The van der Waals surface area contributed by atoms with Crippen molar-refractivity contribution in [3.05, 3.63) is 60.2 Å². The van der Waals surface area contributed by atoms with E-state index in [1.54, 1.807) is 11.8 Å². The number of hydrogen-bond donors (Lipinski definition) is 1. The summed E-state index contributed by atoms with van der Waals surface area (Å²) in [6, 6.07) is 18.0. The molecule has 1 N–H and O–H groups in total. The first-order valence-corrected chi connectivity index (χ1v) is 7.57. The number of anilines is 1. The summed E-state index contributed by atoms with van der Waals surface area (Å²) in [5.74, 6) is 1.54. The number of methoxy groups -OCH3 is 1. The Morgan fingerprint density at radius 1 is 1.04 bits per heavy atom. The van der Waals surface area contributed by atoms with Gasteiger partial charge in [0.05, 0.1) is 12.8 Å². The third-order valence-corrected chi connectivity index (χ3v) is 3.55. The van der Waals surface area contributed by atoms with Gasteiger partial charge in [-0.05, 0) is 53.1 Å². The molecule has 0 unspecified atom stereocenters. The molecule has 0 bridgehead atoms. The molecule has 6 heteroatoms. The van der Waals surface area contributed by atoms with Crippen LogP contribution in [0.15, 0.2) is 54.6 Å². The second kappa shape index (κ2) is 7.40. The van der Waals surface area contributed by atoms with Crippen LogP contribution in [-0.4, -0.2) is 33.9 Å². The van der Waals surface area contributed by atoms with Gasteiger partial charge in [-0.1, -0.05) is 35.4 Å². The lowest BCUT2D eigenvalue weighted by Crippen LogP contribution is -2.09. The molecule has 0 fully saturated rings. The Balaban J connectivity index is 1.52. The molecule has 23 heavy (non-hydrogen) atoms. The zero-order chi connectivity index (χ0) is 15.9. The first kappa shape index (κ1) is 15.0. The second-order valence-corrected chi connectivity index (χ2v) is 5.13. The molecule has 118 valence electrons. The molecule has 1 aromatic heterocycles. The van der Waals surface area contributed by atoms with Gasteiger partial charge >= 0.3 is 0 Å². The highest BCUT2D eigenvalue weighted by Crippen LogP contribution is 2.13. The molecule has 0 aliphatic heterocycles. The van der Waals surface area contributed by atoms with E-state index in [1.807, 2.05) is 42.5 Å². The fraction of sp³-hybridized carbons (Fsp3) is 0.235. The van der Waals surface area contributed by atoms with E-state index < -0.39 is 0 Å². The standard InChI is InChI=1S/C17H19N5O/c1-23-16-11-9-14(10-12-16)6-5-13-18-17-19-20-21-22(17)15-7-3-2-4-8-15/h2-4,7-12H,5-6,13H2,1H3,(H,18,19,21). The molecule has 0 aliphatic rings. The topological polar surface area (TPSA) is 64.9 Å². The first-order valence-electron chi connectivity index (χ1n) is 7.57. The number of hydrogen-bond acceptors (Lipinski definition) is 5. The van der Waals surface area contributed by atoms with Crippen molar-refractivity contribution in [3.63, 3.8) is 0 Å². The molecular formula is C17H19N5O. The molecule has 6 nitrogen and oxygen atoms in total. The van der Waals surface area contributed by atoms with Gasteiger partial charge < -0.3 is 10.1 Å². The molecule has 0 amide bonds. The quantitative estimate of drug-likeness (QED) is 0.680. The van der Waals surface area contributed by atoms with Gasteiger partial charge in [0.2, 0.25) is 5.95 Å². The molecule has 0 atom stereocenters. The summed E-state index contributed by atoms with van der Waals surface area (Å²) < 4.78 is 6.86. The SMILES string of the molecule is COc1ccc(CCCNc2nnnn2-c2ccccc2)cc1. The van der Waals surface area contributed by atoms with E-state index in [0.29, 0.717) is 5.95 Å². The van der Waals surface area contributed by atoms with E-state index in [9.17, 15) is 0 Å². The third-order valence-electron chi connectivity index (χ3n) is 3.55. The van der Waals surface area contributed by atoms with Crippen LogP contribution in [-0.2, 0) is 6.42 Å². The maximum absolute atomic E-state index is 5.16. The van der Waals surface area contributed by atoms with Crippen LogP contribution in [0.2, 0.25) is 0 Å². The minimum atomic E-state index is 0.658. The molecule has 0 aliphatic carbocycles. The zero-order valence-electron chi connectivity index (χ0n) is 13.0. The van der Waals surface area contributed by atoms with Crippen molar-refractivity contribution < 1.29 is 4.74 Å². The van der Waals surface area contributed by atoms with Crippen molar-refractivity contribution in [2.75, 3.05) is 19.0 Å². The molecule has 0 radical (unpaired) electrons. The molecule has 1 heterocycles. The molecule has 0 saturated carbocycles. The lowest BCUT2D eigenvalue weighted by Gasteiger charge is -2.07. The van der Waals surface area contributed by atoms with E-state index in [-0.39, 0.29) is 0 Å². The summed E-state index contributed by atoms with van der Waals surface area (Å²) in [5.41, 5.74) is 2.23. The van der Waals surface area contributed by atoms with Gasteiger partial charge in [0.1, 0.15) is 5.75 Å². The number of para-hydroxylation sites is 1. The highest BCUT2D eigenvalue weighted by Gasteiger charge is 2.06. The molecule has 2 aromatic carbocycles. The Kier molecular flexibility index (Phi) is 4.83. The van der Waals surface area contributed by atoms with Gasteiger partial charge in [-0.25, -0.2) is 0 Å². The van der Waals surface area contributed by atoms with Crippen molar-refractivity contribution in [3.8, 4) is 11.4 Å². The Bertz CT molecular complexity index is 724. The molecule has 0 spiro atoms. The molecule has 3 rings (SSSR count). The highest BCUT2D eigenvalue weighted by atomic mass is 16.5. The van der Waals surface area contributed by atoms with Gasteiger partial charge in [-0.3, -0.25) is 0 Å². The predicted molar refractivity (Wildman–Crippen MR) is 89.0 cm³/mol. The van der Waals surface area contributed by atoms with Crippen LogP contribution in [0.1, 0.15) is 12.0 Å². The van der Waals surface area contributed by atoms with Gasteiger partial charge in [0, 0.05) is 6.54 Å². The minimum Gasteiger partial charge on any atom is -0.497 e. The number of aromatic nitrogens is 4. The van der Waals surface area contributed by atoms with Gasteiger partial charge in [-0.15, -0.1) is 0 Å². The number of rotatable bonds is 7. The molecule has 3 aromatic rings. The van der Waals surface area contributed by atoms with Gasteiger partial charge in [0.25, 0.3) is 0 Å². The summed E-state index contributed by atoms with van der Waals surface area (Å²) in [7, 11) is 1.68. The maximum atomic E-state index is 5.16. The van der Waals surface area contributed by atoms with E-state index in [4.69, 9.17) is 4.74 Å². The fourth-order valence-corrected chi connectivity index (χ4v) is 2.33. The Morgan fingerprint density at radius 3 is 2.57 bits per heavy atom. The van der Waals surface area contributed by atoms with Crippen LogP contribution in [0.4, 0.5) is 5.95 Å². The third kappa shape index (κ3) is 3.85. The minimum absolute atomic E-state index is 0.658. The van der Waals surface area contributed by atoms with Crippen LogP contribution in [0.3, 0.4) is 0 Å². The summed E-state index contributed by atoms with van der Waals surface area (Å²) >= 11 is 0. The molecular weight excluding hydrogens is 290 g/mol. The van der Waals surface area contributed by atoms with E-state index in [1.165, 1.54) is 5.56 Å². The zero-order valence-corrected chi connectivity index (χ0v) is 13.0. The van der Waals surface area contributed by atoms with Crippen molar-refractivity contribution in [2.24, 2.45) is 0 Å². The lowest BCUT2D eigenvalue weighted by molar-refractivity contribution is 0.414. The van der Waals surface area contributed by atoms with Gasteiger partial charge in [-0.2, -0.15) is 4.68 Å². The number of aryl methyl sites for hydroxylation is 1. The van der Waals surface area contributed by atoms with Crippen LogP contribution >= 0.6 is 0 Å². The average molecular weight is 309 g/mol. The largest absolute Gasteiger partial charge is 0.497 e. The number of tetrazole rings is 1. The second-order valence-electron chi connectivity index (χ2n) is 5.13. The monoisotopic (exact) mass is 309 g/mol. The Labute approximate surface area is 135 Å². The number of nitrogens with one attached hydrogen (secondary N) is 1. The van der Waals surface area contributed by atoms with Crippen molar-refractivity contribution in [1.29, 1.82) is 0 Å². The van der Waals surface area contributed by atoms with Crippen molar-refractivity contribution in [1.82, 2.24) is 20.2 Å². The lowest BCUT2D eigenvalue weighted by atomic mass is 10.1. The normalized spacial score (nSPS) is 10.5. The molecule has 0 saturated heterocycles. The van der Waals surface area contributed by atoms with E-state index in [0.717, 1.165) is 30.8 Å². The summed E-state index contributed by atoms with van der Waals surface area (Å²) in [4.78, 5) is 0. The number of nitrogens with zero attached hydrogens (tertiary/aromatic N) is 4. The summed E-state index contributed by atoms with van der Waals surface area (Å²) in [6.07, 6.45) is 1.98. The predicted octanol–water partition coefficient (Wildman–Crippen LogP) is 2.72. The van der Waals surface area contributed by atoms with E-state index in [2.05, 4.69) is 33.0 Å².